The van der Waals surface area contributed by atoms with Crippen molar-refractivity contribution in [2.75, 3.05) is 0 Å². The molecule has 1 nitrogen and oxygen atoms in total. The molecule has 0 aliphatic heterocycles. The van der Waals surface area contributed by atoms with E-state index in [2.05, 4.69) is 25.7 Å². The van der Waals surface area contributed by atoms with E-state index < -0.39 is 0 Å². The summed E-state index contributed by atoms with van der Waals surface area (Å²) in [7, 11) is 0. The van der Waals surface area contributed by atoms with Crippen LogP contribution in [0, 0.1) is 0 Å². The van der Waals surface area contributed by atoms with Gasteiger partial charge < -0.3 is 0 Å². The van der Waals surface area contributed by atoms with E-state index in [9.17, 15) is 4.79 Å². The summed E-state index contributed by atoms with van der Waals surface area (Å²) in [5, 5.41) is 0. The second kappa shape index (κ2) is 18.2. The minimum atomic E-state index is 0.340. The summed E-state index contributed by atoms with van der Waals surface area (Å²) in [5.74, 6) is 0.340. The second-order valence-electron chi connectivity index (χ2n) is 6.37. The Morgan fingerprint density at radius 1 is 0.773 bits per heavy atom. The Morgan fingerprint density at radius 2 is 1.27 bits per heavy atom. The molecule has 0 heterocycles. The van der Waals surface area contributed by atoms with Gasteiger partial charge in [0.05, 0.1) is 0 Å². The number of Topliss-reactive ketones (excluding diaryl/α,β-unsaturated/α-hetero) is 1. The average molecular weight is 307 g/mol. The summed E-state index contributed by atoms with van der Waals surface area (Å²) < 4.78 is 0. The zero-order valence-corrected chi connectivity index (χ0v) is 15.0. The van der Waals surface area contributed by atoms with Crippen LogP contribution in [-0.4, -0.2) is 5.78 Å². The first kappa shape index (κ1) is 21.1. The van der Waals surface area contributed by atoms with Crippen molar-refractivity contribution in [2.24, 2.45) is 0 Å². The fraction of sp³-hybridized carbons (Fsp3) is 0.762. The molecule has 0 fully saturated rings. The first-order valence-electron chi connectivity index (χ1n) is 9.58. The number of rotatable bonds is 17. The SMILES string of the molecule is C=CCC(=O)CCCCCCC/C=C/CCCCCCCC. The Balaban J connectivity index is 3.14. The first-order chi connectivity index (χ1) is 10.8. The Kier molecular flexibility index (Phi) is 17.5. The van der Waals surface area contributed by atoms with E-state index in [1.165, 1.54) is 77.0 Å². The molecular formula is C21H38O. The lowest BCUT2D eigenvalue weighted by molar-refractivity contribution is -0.118. The number of hydrogen-bond donors (Lipinski definition) is 0. The van der Waals surface area contributed by atoms with Gasteiger partial charge in [0.25, 0.3) is 0 Å². The molecule has 0 N–H and O–H groups in total. The second-order valence-corrected chi connectivity index (χ2v) is 6.37. The van der Waals surface area contributed by atoms with E-state index in [0.717, 1.165) is 12.8 Å². The lowest BCUT2D eigenvalue weighted by Crippen LogP contribution is -1.94. The van der Waals surface area contributed by atoms with Crippen molar-refractivity contribution in [3.63, 3.8) is 0 Å². The third-order valence-electron chi connectivity index (χ3n) is 4.09. The number of allylic oxidation sites excluding steroid dienone is 3. The molecule has 0 aromatic heterocycles. The first-order valence-corrected chi connectivity index (χ1v) is 9.58. The third-order valence-corrected chi connectivity index (χ3v) is 4.09. The van der Waals surface area contributed by atoms with Crippen molar-refractivity contribution in [3.8, 4) is 0 Å². The van der Waals surface area contributed by atoms with E-state index in [1.807, 2.05) is 0 Å². The summed E-state index contributed by atoms with van der Waals surface area (Å²) in [5.41, 5.74) is 0. The molecule has 22 heavy (non-hydrogen) atoms. The Morgan fingerprint density at radius 3 is 1.82 bits per heavy atom. The van der Waals surface area contributed by atoms with Gasteiger partial charge in [-0.05, 0) is 32.1 Å². The van der Waals surface area contributed by atoms with Gasteiger partial charge in [-0.2, -0.15) is 0 Å². The zero-order valence-electron chi connectivity index (χ0n) is 15.0. The largest absolute Gasteiger partial charge is 0.299 e. The monoisotopic (exact) mass is 306 g/mol. The van der Waals surface area contributed by atoms with E-state index in [-0.39, 0.29) is 0 Å². The van der Waals surface area contributed by atoms with E-state index in [1.54, 1.807) is 6.08 Å². The average Bonchev–Trinajstić information content (AvgIpc) is 2.51. The number of carbonyl (C=O) groups is 1. The Labute approximate surface area is 139 Å². The van der Waals surface area contributed by atoms with E-state index >= 15 is 0 Å². The number of ketones is 1. The maximum absolute atomic E-state index is 11.3. The molecule has 0 unspecified atom stereocenters. The predicted octanol–water partition coefficient (Wildman–Crippen LogP) is 7.17. The number of unbranched alkanes of at least 4 members (excludes halogenated alkanes) is 11. The van der Waals surface area contributed by atoms with Crippen molar-refractivity contribution >= 4 is 5.78 Å². The maximum atomic E-state index is 11.3. The summed E-state index contributed by atoms with van der Waals surface area (Å²) >= 11 is 0. The lowest BCUT2D eigenvalue weighted by Gasteiger charge is -2.00. The predicted molar refractivity (Wildman–Crippen MR) is 99.3 cm³/mol. The lowest BCUT2D eigenvalue weighted by atomic mass is 10.1. The van der Waals surface area contributed by atoms with Crippen LogP contribution in [0.15, 0.2) is 24.8 Å². The molecule has 1 heteroatoms. The normalized spacial score (nSPS) is 11.1. The maximum Gasteiger partial charge on any atom is 0.136 e. The molecule has 128 valence electrons. The van der Waals surface area contributed by atoms with Crippen molar-refractivity contribution in [1.82, 2.24) is 0 Å². The van der Waals surface area contributed by atoms with Crippen LogP contribution in [0.3, 0.4) is 0 Å². The van der Waals surface area contributed by atoms with Gasteiger partial charge in [0.1, 0.15) is 5.78 Å². The quantitative estimate of drug-likeness (QED) is 0.206. The highest BCUT2D eigenvalue weighted by Crippen LogP contribution is 2.10. The number of hydrogen-bond acceptors (Lipinski definition) is 1. The minimum absolute atomic E-state index is 0.340. The van der Waals surface area contributed by atoms with Crippen LogP contribution in [0.4, 0.5) is 0 Å². The highest BCUT2D eigenvalue weighted by atomic mass is 16.1. The van der Waals surface area contributed by atoms with Crippen LogP contribution >= 0.6 is 0 Å². The van der Waals surface area contributed by atoms with Gasteiger partial charge in [-0.1, -0.05) is 76.5 Å². The molecule has 0 radical (unpaired) electrons. The molecule has 0 spiro atoms. The zero-order chi connectivity index (χ0) is 16.3. The molecule has 0 rings (SSSR count). The van der Waals surface area contributed by atoms with Gasteiger partial charge in [0.2, 0.25) is 0 Å². The third kappa shape index (κ3) is 17.2. The fourth-order valence-electron chi connectivity index (χ4n) is 2.66. The molecular weight excluding hydrogens is 268 g/mol. The standard InChI is InChI=1S/C21H38O/c1-3-5-6-7-8-9-10-11-12-13-14-15-16-17-18-20-21(22)19-4-2/h4,11-12H,2-3,5-10,13-20H2,1H3/b12-11+. The fourth-order valence-corrected chi connectivity index (χ4v) is 2.66. The summed E-state index contributed by atoms with van der Waals surface area (Å²) in [6, 6.07) is 0. The molecule has 0 atom stereocenters. The van der Waals surface area contributed by atoms with Crippen LogP contribution < -0.4 is 0 Å². The van der Waals surface area contributed by atoms with Crippen molar-refractivity contribution in [2.45, 2.75) is 103 Å². The van der Waals surface area contributed by atoms with Gasteiger partial charge in [0, 0.05) is 12.8 Å². The molecule has 0 aromatic rings. The molecule has 0 saturated carbocycles. The van der Waals surface area contributed by atoms with Crippen molar-refractivity contribution < 1.29 is 4.79 Å². The van der Waals surface area contributed by atoms with Gasteiger partial charge >= 0.3 is 0 Å². The number of carbonyl (C=O) groups excluding carboxylic acids is 1. The van der Waals surface area contributed by atoms with Crippen LogP contribution in [0.2, 0.25) is 0 Å². The van der Waals surface area contributed by atoms with Crippen LogP contribution in [0.25, 0.3) is 0 Å². The summed E-state index contributed by atoms with van der Waals surface area (Å²) in [6.07, 6.45) is 24.7. The topological polar surface area (TPSA) is 17.1 Å². The van der Waals surface area contributed by atoms with Crippen molar-refractivity contribution in [3.05, 3.63) is 24.8 Å². The van der Waals surface area contributed by atoms with Crippen molar-refractivity contribution in [1.29, 1.82) is 0 Å². The van der Waals surface area contributed by atoms with Gasteiger partial charge in [-0.15, -0.1) is 6.58 Å². The molecule has 0 aliphatic rings. The Bertz CT molecular complexity index is 278. The van der Waals surface area contributed by atoms with Gasteiger partial charge in [-0.3, -0.25) is 4.79 Å². The highest BCUT2D eigenvalue weighted by Gasteiger charge is 1.98. The highest BCUT2D eigenvalue weighted by molar-refractivity contribution is 5.79. The van der Waals surface area contributed by atoms with Crippen LogP contribution in [0.5, 0.6) is 0 Å². The molecule has 0 bridgehead atoms. The van der Waals surface area contributed by atoms with Gasteiger partial charge in [-0.25, -0.2) is 0 Å². The molecule has 0 aliphatic carbocycles. The molecule has 0 aromatic carbocycles. The molecule has 0 saturated heterocycles. The summed E-state index contributed by atoms with van der Waals surface area (Å²) in [4.78, 5) is 11.3. The Hall–Kier alpha value is -0.850. The molecule has 0 amide bonds. The van der Waals surface area contributed by atoms with Crippen LogP contribution in [0.1, 0.15) is 103 Å². The summed E-state index contributed by atoms with van der Waals surface area (Å²) in [6.45, 7) is 5.86. The van der Waals surface area contributed by atoms with E-state index in [4.69, 9.17) is 0 Å². The minimum Gasteiger partial charge on any atom is -0.299 e. The van der Waals surface area contributed by atoms with Gasteiger partial charge in [0.15, 0.2) is 0 Å². The van der Waals surface area contributed by atoms with Crippen LogP contribution in [-0.2, 0) is 4.79 Å². The van der Waals surface area contributed by atoms with E-state index in [0.29, 0.717) is 12.2 Å². The smallest absolute Gasteiger partial charge is 0.136 e.